The third-order valence-corrected chi connectivity index (χ3v) is 3.64. The third-order valence-electron chi connectivity index (χ3n) is 3.64. The highest BCUT2D eigenvalue weighted by Crippen LogP contribution is 2.32. The van der Waals surface area contributed by atoms with Gasteiger partial charge < -0.3 is 25.2 Å². The Morgan fingerprint density at radius 3 is 2.67 bits per heavy atom. The van der Waals surface area contributed by atoms with Crippen LogP contribution in [0.2, 0.25) is 0 Å². The Kier molecular flexibility index (Phi) is 5.27. The SMILES string of the molecule is COc1cc(N)c(C(=O)O)cc1OCCCN1CCCC1. The van der Waals surface area contributed by atoms with Gasteiger partial charge in [-0.15, -0.1) is 0 Å². The molecular formula is C15H22N2O4. The number of hydrogen-bond donors (Lipinski definition) is 2. The van der Waals surface area contributed by atoms with Crippen LogP contribution in [0.3, 0.4) is 0 Å². The topological polar surface area (TPSA) is 85.0 Å². The summed E-state index contributed by atoms with van der Waals surface area (Å²) in [6.45, 7) is 3.85. The van der Waals surface area contributed by atoms with Gasteiger partial charge in [-0.05, 0) is 32.4 Å². The second kappa shape index (κ2) is 7.17. The summed E-state index contributed by atoms with van der Waals surface area (Å²) < 4.78 is 10.8. The summed E-state index contributed by atoms with van der Waals surface area (Å²) in [6, 6.07) is 2.91. The second-order valence-electron chi connectivity index (χ2n) is 5.15. The van der Waals surface area contributed by atoms with Crippen molar-refractivity contribution in [1.82, 2.24) is 4.90 Å². The van der Waals surface area contributed by atoms with Crippen molar-refractivity contribution in [2.24, 2.45) is 0 Å². The first-order chi connectivity index (χ1) is 10.1. The Balaban J connectivity index is 1.94. The van der Waals surface area contributed by atoms with Crippen LogP contribution in [0.5, 0.6) is 11.5 Å². The Bertz CT molecular complexity index is 499. The van der Waals surface area contributed by atoms with E-state index in [4.69, 9.17) is 20.3 Å². The van der Waals surface area contributed by atoms with Crippen molar-refractivity contribution < 1.29 is 19.4 Å². The monoisotopic (exact) mass is 294 g/mol. The number of ether oxygens (including phenoxy) is 2. The molecule has 0 atom stereocenters. The quantitative estimate of drug-likeness (QED) is 0.589. The summed E-state index contributed by atoms with van der Waals surface area (Å²) in [5.41, 5.74) is 5.88. The molecule has 0 aliphatic carbocycles. The molecule has 6 heteroatoms. The van der Waals surface area contributed by atoms with Crippen molar-refractivity contribution in [2.75, 3.05) is 39.1 Å². The van der Waals surface area contributed by atoms with Crippen molar-refractivity contribution in [3.8, 4) is 11.5 Å². The lowest BCUT2D eigenvalue weighted by Crippen LogP contribution is -2.22. The highest BCUT2D eigenvalue weighted by Gasteiger charge is 2.15. The number of likely N-dealkylation sites (tertiary alicyclic amines) is 1. The molecule has 1 saturated heterocycles. The van der Waals surface area contributed by atoms with E-state index in [1.807, 2.05) is 0 Å². The predicted octanol–water partition coefficient (Wildman–Crippen LogP) is 1.84. The summed E-state index contributed by atoms with van der Waals surface area (Å²) in [4.78, 5) is 13.5. The summed E-state index contributed by atoms with van der Waals surface area (Å²) in [5, 5.41) is 9.09. The maximum Gasteiger partial charge on any atom is 0.337 e. The van der Waals surface area contributed by atoms with Gasteiger partial charge in [0.25, 0.3) is 0 Å². The molecule has 0 unspecified atom stereocenters. The standard InChI is InChI=1S/C15H22N2O4/c1-20-13-10-12(16)11(15(18)19)9-14(13)21-8-4-7-17-5-2-3-6-17/h9-10H,2-8,16H2,1H3,(H,18,19). The van der Waals surface area contributed by atoms with E-state index < -0.39 is 5.97 Å². The number of aromatic carboxylic acids is 1. The number of carboxylic acids is 1. The molecule has 0 saturated carbocycles. The Hall–Kier alpha value is -1.95. The number of hydrogen-bond acceptors (Lipinski definition) is 5. The fraction of sp³-hybridized carbons (Fsp3) is 0.533. The van der Waals surface area contributed by atoms with Crippen molar-refractivity contribution in [3.05, 3.63) is 17.7 Å². The minimum absolute atomic E-state index is 0.0327. The van der Waals surface area contributed by atoms with Crippen LogP contribution >= 0.6 is 0 Å². The zero-order valence-electron chi connectivity index (χ0n) is 12.3. The van der Waals surface area contributed by atoms with Gasteiger partial charge in [0.05, 0.1) is 25.0 Å². The molecule has 1 aliphatic heterocycles. The molecule has 21 heavy (non-hydrogen) atoms. The van der Waals surface area contributed by atoms with Gasteiger partial charge in [-0.3, -0.25) is 0 Å². The predicted molar refractivity (Wildman–Crippen MR) is 80.2 cm³/mol. The Morgan fingerprint density at radius 1 is 1.33 bits per heavy atom. The van der Waals surface area contributed by atoms with E-state index in [1.54, 1.807) is 0 Å². The van der Waals surface area contributed by atoms with Crippen molar-refractivity contribution in [3.63, 3.8) is 0 Å². The molecule has 2 rings (SSSR count). The van der Waals surface area contributed by atoms with Crippen LogP contribution in [0.15, 0.2) is 12.1 Å². The number of nitrogen functional groups attached to an aromatic ring is 1. The lowest BCUT2D eigenvalue weighted by Gasteiger charge is -2.16. The molecule has 0 amide bonds. The van der Waals surface area contributed by atoms with Crippen molar-refractivity contribution in [1.29, 1.82) is 0 Å². The van der Waals surface area contributed by atoms with Crippen LogP contribution < -0.4 is 15.2 Å². The molecule has 1 aromatic carbocycles. The van der Waals surface area contributed by atoms with Crippen LogP contribution in [-0.2, 0) is 0 Å². The first-order valence-corrected chi connectivity index (χ1v) is 7.17. The summed E-state index contributed by atoms with van der Waals surface area (Å²) in [7, 11) is 1.51. The summed E-state index contributed by atoms with van der Waals surface area (Å²) >= 11 is 0. The van der Waals surface area contributed by atoms with Gasteiger partial charge in [0.2, 0.25) is 0 Å². The molecule has 1 aromatic rings. The molecule has 0 radical (unpaired) electrons. The largest absolute Gasteiger partial charge is 0.493 e. The van der Waals surface area contributed by atoms with Gasteiger partial charge in [0, 0.05) is 18.7 Å². The van der Waals surface area contributed by atoms with E-state index in [0.717, 1.165) is 26.1 Å². The zero-order valence-corrected chi connectivity index (χ0v) is 12.3. The Labute approximate surface area is 124 Å². The normalized spacial score (nSPS) is 15.1. The molecule has 1 aliphatic rings. The van der Waals surface area contributed by atoms with Gasteiger partial charge in [-0.1, -0.05) is 0 Å². The van der Waals surface area contributed by atoms with Crippen LogP contribution in [0, 0.1) is 0 Å². The zero-order chi connectivity index (χ0) is 15.2. The second-order valence-corrected chi connectivity index (χ2v) is 5.15. The van der Waals surface area contributed by atoms with Gasteiger partial charge >= 0.3 is 5.97 Å². The lowest BCUT2D eigenvalue weighted by atomic mass is 10.1. The van der Waals surface area contributed by atoms with Gasteiger partial charge in [0.1, 0.15) is 0 Å². The number of methoxy groups -OCH3 is 1. The minimum Gasteiger partial charge on any atom is -0.493 e. The third kappa shape index (κ3) is 4.01. The van der Waals surface area contributed by atoms with Gasteiger partial charge in [-0.25, -0.2) is 4.79 Å². The van der Waals surface area contributed by atoms with E-state index in [9.17, 15) is 4.79 Å². The van der Waals surface area contributed by atoms with Crippen LogP contribution in [0.25, 0.3) is 0 Å². The molecular weight excluding hydrogens is 272 g/mol. The molecule has 1 heterocycles. The molecule has 116 valence electrons. The molecule has 0 aromatic heterocycles. The highest BCUT2D eigenvalue weighted by atomic mass is 16.5. The average molecular weight is 294 g/mol. The van der Waals surface area contributed by atoms with E-state index in [-0.39, 0.29) is 11.3 Å². The maximum atomic E-state index is 11.1. The van der Waals surface area contributed by atoms with Crippen LogP contribution in [-0.4, -0.2) is 49.3 Å². The molecule has 3 N–H and O–H groups in total. The Morgan fingerprint density at radius 2 is 2.05 bits per heavy atom. The van der Waals surface area contributed by atoms with Gasteiger partial charge in [-0.2, -0.15) is 0 Å². The number of rotatable bonds is 7. The number of carbonyl (C=O) groups is 1. The fourth-order valence-electron chi connectivity index (χ4n) is 2.51. The van der Waals surface area contributed by atoms with Crippen LogP contribution in [0.1, 0.15) is 29.6 Å². The maximum absolute atomic E-state index is 11.1. The minimum atomic E-state index is -1.07. The van der Waals surface area contributed by atoms with Crippen LogP contribution in [0.4, 0.5) is 5.69 Å². The summed E-state index contributed by atoms with van der Waals surface area (Å²) in [5.74, 6) is -0.193. The number of anilines is 1. The van der Waals surface area contributed by atoms with E-state index >= 15 is 0 Å². The molecule has 0 spiro atoms. The van der Waals surface area contributed by atoms with Crippen molar-refractivity contribution >= 4 is 11.7 Å². The highest BCUT2D eigenvalue weighted by molar-refractivity contribution is 5.94. The van der Waals surface area contributed by atoms with Gasteiger partial charge in [0.15, 0.2) is 11.5 Å². The number of nitrogens with two attached hydrogens (primary N) is 1. The molecule has 0 bridgehead atoms. The van der Waals surface area contributed by atoms with Crippen molar-refractivity contribution in [2.45, 2.75) is 19.3 Å². The van der Waals surface area contributed by atoms with E-state index in [1.165, 1.54) is 32.1 Å². The number of nitrogens with zero attached hydrogens (tertiary/aromatic N) is 1. The average Bonchev–Trinajstić information content (AvgIpc) is 2.97. The molecule has 6 nitrogen and oxygen atoms in total. The molecule has 1 fully saturated rings. The first-order valence-electron chi connectivity index (χ1n) is 7.17. The first kappa shape index (κ1) is 15.4. The summed E-state index contributed by atoms with van der Waals surface area (Å²) in [6.07, 6.45) is 3.44. The number of carboxylic acid groups (broad SMARTS) is 1. The smallest absolute Gasteiger partial charge is 0.337 e. The van der Waals surface area contributed by atoms with E-state index in [0.29, 0.717) is 18.1 Å². The van der Waals surface area contributed by atoms with E-state index in [2.05, 4.69) is 4.90 Å². The number of benzene rings is 1. The fourth-order valence-corrected chi connectivity index (χ4v) is 2.51. The lowest BCUT2D eigenvalue weighted by molar-refractivity contribution is 0.0697.